The Kier molecular flexibility index (Phi) is 6.87. The topological polar surface area (TPSA) is 87.0 Å². The molecule has 3 N–H and O–H groups in total. The van der Waals surface area contributed by atoms with E-state index in [0.717, 1.165) is 12.8 Å². The van der Waals surface area contributed by atoms with Crippen LogP contribution < -0.4 is 0 Å². The number of phenols is 2. The molecule has 20 heavy (non-hydrogen) atoms. The van der Waals surface area contributed by atoms with Crippen LogP contribution >= 0.6 is 0 Å². The first-order valence-electron chi connectivity index (χ1n) is 6.86. The third-order valence-electron chi connectivity index (χ3n) is 3.09. The Morgan fingerprint density at radius 1 is 1.35 bits per heavy atom. The van der Waals surface area contributed by atoms with Gasteiger partial charge in [0.2, 0.25) is 0 Å². The van der Waals surface area contributed by atoms with Crippen LogP contribution in [0.2, 0.25) is 0 Å². The molecule has 1 aromatic rings. The fourth-order valence-corrected chi connectivity index (χ4v) is 1.88. The van der Waals surface area contributed by atoms with Crippen molar-refractivity contribution in [3.8, 4) is 11.5 Å². The summed E-state index contributed by atoms with van der Waals surface area (Å²) < 4.78 is 5.15. The monoisotopic (exact) mass is 282 g/mol. The van der Waals surface area contributed by atoms with Crippen LogP contribution in [-0.2, 0) is 16.0 Å². The molecule has 0 radical (unpaired) electrons. The molecule has 0 aliphatic carbocycles. The summed E-state index contributed by atoms with van der Waals surface area (Å²) in [6.07, 6.45) is 2.31. The number of unbranched alkanes of at least 4 members (excludes halogenated alkanes) is 1. The zero-order valence-electron chi connectivity index (χ0n) is 11.7. The zero-order valence-corrected chi connectivity index (χ0v) is 11.7. The average Bonchev–Trinajstić information content (AvgIpc) is 2.41. The Balaban J connectivity index is 2.68. The minimum absolute atomic E-state index is 0.0320. The van der Waals surface area contributed by atoms with E-state index in [2.05, 4.69) is 0 Å². The number of aromatic hydroxyl groups is 2. The Hall–Kier alpha value is -1.75. The van der Waals surface area contributed by atoms with Gasteiger partial charge in [-0.05, 0) is 30.9 Å². The van der Waals surface area contributed by atoms with Crippen molar-refractivity contribution in [2.24, 2.45) is 5.92 Å². The standard InChI is InChI=1S/C15H22O5/c1-2-3-8-20-15(19)12(6-7-16)9-11-4-5-13(17)10-14(11)18/h4-5,10,12,16-18H,2-3,6-9H2,1H3. The number of carbonyl (C=O) groups excluding carboxylic acids is 1. The van der Waals surface area contributed by atoms with Crippen molar-refractivity contribution >= 4 is 5.97 Å². The highest BCUT2D eigenvalue weighted by Gasteiger charge is 2.21. The second kappa shape index (κ2) is 8.43. The van der Waals surface area contributed by atoms with E-state index in [1.165, 1.54) is 12.1 Å². The summed E-state index contributed by atoms with van der Waals surface area (Å²) in [4.78, 5) is 11.9. The number of carbonyl (C=O) groups is 1. The molecule has 0 aliphatic rings. The second-order valence-electron chi connectivity index (χ2n) is 4.75. The molecular weight excluding hydrogens is 260 g/mol. The SMILES string of the molecule is CCCCOC(=O)C(CCO)Cc1ccc(O)cc1O. The quantitative estimate of drug-likeness (QED) is 0.501. The number of aliphatic hydroxyl groups is 1. The van der Waals surface area contributed by atoms with Crippen LogP contribution in [0.25, 0.3) is 0 Å². The summed E-state index contributed by atoms with van der Waals surface area (Å²) >= 11 is 0. The minimum atomic E-state index is -0.493. The normalized spacial score (nSPS) is 12.1. The van der Waals surface area contributed by atoms with Crippen molar-refractivity contribution in [1.82, 2.24) is 0 Å². The van der Waals surface area contributed by atoms with Gasteiger partial charge in [-0.25, -0.2) is 0 Å². The van der Waals surface area contributed by atoms with E-state index in [9.17, 15) is 15.0 Å². The number of ether oxygens (including phenoxy) is 1. The van der Waals surface area contributed by atoms with Gasteiger partial charge in [-0.2, -0.15) is 0 Å². The maximum atomic E-state index is 11.9. The molecule has 0 saturated carbocycles. The Labute approximate surface area is 118 Å². The molecule has 1 rings (SSSR count). The number of hydrogen-bond donors (Lipinski definition) is 3. The number of hydrogen-bond acceptors (Lipinski definition) is 5. The van der Waals surface area contributed by atoms with Gasteiger partial charge in [0.25, 0.3) is 0 Å². The molecule has 5 heteroatoms. The molecular formula is C15H22O5. The van der Waals surface area contributed by atoms with Gasteiger partial charge in [0, 0.05) is 12.7 Å². The van der Waals surface area contributed by atoms with Gasteiger partial charge in [-0.15, -0.1) is 0 Å². The predicted molar refractivity (Wildman–Crippen MR) is 74.5 cm³/mol. The molecule has 0 aromatic heterocycles. The first-order valence-corrected chi connectivity index (χ1v) is 6.86. The van der Waals surface area contributed by atoms with Gasteiger partial charge in [-0.1, -0.05) is 19.4 Å². The molecule has 1 atom stereocenters. The highest BCUT2D eigenvalue weighted by Crippen LogP contribution is 2.26. The van der Waals surface area contributed by atoms with Crippen molar-refractivity contribution in [2.45, 2.75) is 32.6 Å². The number of esters is 1. The van der Waals surface area contributed by atoms with Crippen molar-refractivity contribution in [3.05, 3.63) is 23.8 Å². The molecule has 0 fully saturated rings. The molecule has 0 bridgehead atoms. The summed E-state index contributed by atoms with van der Waals surface area (Å²) in [6, 6.07) is 4.25. The van der Waals surface area contributed by atoms with E-state index in [1.807, 2.05) is 6.92 Å². The van der Waals surface area contributed by atoms with Crippen molar-refractivity contribution in [3.63, 3.8) is 0 Å². The molecule has 0 spiro atoms. The number of benzene rings is 1. The third kappa shape index (κ3) is 5.09. The maximum absolute atomic E-state index is 11.9. The molecule has 0 aliphatic heterocycles. The average molecular weight is 282 g/mol. The molecule has 0 heterocycles. The Morgan fingerprint density at radius 3 is 2.70 bits per heavy atom. The van der Waals surface area contributed by atoms with Crippen LogP contribution in [0.4, 0.5) is 0 Å². The van der Waals surface area contributed by atoms with Crippen LogP contribution in [0, 0.1) is 5.92 Å². The lowest BCUT2D eigenvalue weighted by Crippen LogP contribution is -2.22. The Morgan fingerprint density at radius 2 is 2.10 bits per heavy atom. The maximum Gasteiger partial charge on any atom is 0.309 e. The molecule has 5 nitrogen and oxygen atoms in total. The van der Waals surface area contributed by atoms with Gasteiger partial charge in [0.1, 0.15) is 11.5 Å². The van der Waals surface area contributed by atoms with Crippen molar-refractivity contribution in [2.75, 3.05) is 13.2 Å². The zero-order chi connectivity index (χ0) is 15.0. The van der Waals surface area contributed by atoms with Crippen LogP contribution in [-0.4, -0.2) is 34.5 Å². The predicted octanol–water partition coefficient (Wildman–Crippen LogP) is 1.98. The molecule has 0 amide bonds. The highest BCUT2D eigenvalue weighted by molar-refractivity contribution is 5.73. The van der Waals surface area contributed by atoms with E-state index in [0.29, 0.717) is 12.2 Å². The molecule has 1 aromatic carbocycles. The largest absolute Gasteiger partial charge is 0.508 e. The number of phenolic OH excluding ortho intramolecular Hbond substituents is 2. The van der Waals surface area contributed by atoms with E-state index < -0.39 is 5.92 Å². The highest BCUT2D eigenvalue weighted by atomic mass is 16.5. The van der Waals surface area contributed by atoms with Gasteiger partial charge in [0.05, 0.1) is 12.5 Å². The van der Waals surface area contributed by atoms with Crippen LogP contribution in [0.3, 0.4) is 0 Å². The Bertz CT molecular complexity index is 430. The summed E-state index contributed by atoms with van der Waals surface area (Å²) in [7, 11) is 0. The lowest BCUT2D eigenvalue weighted by atomic mass is 9.96. The molecule has 1 unspecified atom stereocenters. The fraction of sp³-hybridized carbons (Fsp3) is 0.533. The van der Waals surface area contributed by atoms with Crippen molar-refractivity contribution in [1.29, 1.82) is 0 Å². The summed E-state index contributed by atoms with van der Waals surface area (Å²) in [5.74, 6) is -0.947. The van der Waals surface area contributed by atoms with Gasteiger partial charge >= 0.3 is 5.97 Å². The summed E-state index contributed by atoms with van der Waals surface area (Å²) in [6.45, 7) is 2.26. The lowest BCUT2D eigenvalue weighted by molar-refractivity contribution is -0.149. The van der Waals surface area contributed by atoms with Crippen LogP contribution in [0.1, 0.15) is 31.7 Å². The van der Waals surface area contributed by atoms with E-state index in [4.69, 9.17) is 9.84 Å². The lowest BCUT2D eigenvalue weighted by Gasteiger charge is -2.15. The number of rotatable bonds is 8. The first-order chi connectivity index (χ1) is 9.58. The smallest absolute Gasteiger partial charge is 0.309 e. The van der Waals surface area contributed by atoms with E-state index in [-0.39, 0.29) is 36.9 Å². The van der Waals surface area contributed by atoms with E-state index in [1.54, 1.807) is 6.07 Å². The first kappa shape index (κ1) is 16.3. The van der Waals surface area contributed by atoms with Gasteiger partial charge < -0.3 is 20.1 Å². The summed E-state index contributed by atoms with van der Waals surface area (Å²) in [5.41, 5.74) is 0.550. The van der Waals surface area contributed by atoms with Crippen LogP contribution in [0.5, 0.6) is 11.5 Å². The molecule has 112 valence electrons. The van der Waals surface area contributed by atoms with Crippen molar-refractivity contribution < 1.29 is 24.9 Å². The molecule has 0 saturated heterocycles. The van der Waals surface area contributed by atoms with Gasteiger partial charge in [0.15, 0.2) is 0 Å². The summed E-state index contributed by atoms with van der Waals surface area (Å²) in [5, 5.41) is 28.0. The second-order valence-corrected chi connectivity index (χ2v) is 4.75. The fourth-order valence-electron chi connectivity index (χ4n) is 1.88. The van der Waals surface area contributed by atoms with Crippen LogP contribution in [0.15, 0.2) is 18.2 Å². The number of aliphatic hydroxyl groups excluding tert-OH is 1. The van der Waals surface area contributed by atoms with Gasteiger partial charge in [-0.3, -0.25) is 4.79 Å². The minimum Gasteiger partial charge on any atom is -0.508 e. The third-order valence-corrected chi connectivity index (χ3v) is 3.09. The van der Waals surface area contributed by atoms with E-state index >= 15 is 0 Å².